The van der Waals surface area contributed by atoms with Crippen LogP contribution in [0.5, 0.6) is 5.75 Å². The van der Waals surface area contributed by atoms with Crippen molar-refractivity contribution in [1.82, 2.24) is 29.5 Å². The minimum atomic E-state index is -0.285. The molecule has 3 heterocycles. The highest BCUT2D eigenvalue weighted by Gasteiger charge is 2.21. The van der Waals surface area contributed by atoms with Crippen molar-refractivity contribution < 1.29 is 14.3 Å². The molecule has 1 aromatic carbocycles. The molecule has 0 radical (unpaired) electrons. The van der Waals surface area contributed by atoms with Crippen molar-refractivity contribution in [1.29, 1.82) is 5.26 Å². The van der Waals surface area contributed by atoms with Gasteiger partial charge in [-0.25, -0.2) is 14.6 Å². The molecule has 10 nitrogen and oxygen atoms in total. The van der Waals surface area contributed by atoms with Crippen LogP contribution in [0.25, 0.3) is 17.1 Å². The molecule has 0 aliphatic heterocycles. The van der Waals surface area contributed by atoms with Gasteiger partial charge >= 0.3 is 5.97 Å². The monoisotopic (exact) mass is 485 g/mol. The first kappa shape index (κ1) is 24.6. The molecule has 184 valence electrons. The molecule has 0 unspecified atom stereocenters. The summed E-state index contributed by atoms with van der Waals surface area (Å²) in [6.45, 7) is 5.89. The zero-order valence-electron chi connectivity index (χ0n) is 20.9. The van der Waals surface area contributed by atoms with Crippen molar-refractivity contribution in [2.45, 2.75) is 33.6 Å². The van der Waals surface area contributed by atoms with Crippen LogP contribution in [-0.2, 0) is 29.4 Å². The summed E-state index contributed by atoms with van der Waals surface area (Å²) in [6, 6.07) is 11.3. The number of nitriles is 1. The average Bonchev–Trinajstić information content (AvgIpc) is 3.34. The van der Waals surface area contributed by atoms with Crippen molar-refractivity contribution in [2.24, 2.45) is 7.05 Å². The van der Waals surface area contributed by atoms with Crippen LogP contribution in [-0.4, -0.2) is 49.2 Å². The number of esters is 1. The van der Waals surface area contributed by atoms with Crippen LogP contribution < -0.4 is 4.74 Å². The SMILES string of the molecule is CCOC(=O)Cc1c(C)nn(-c2cc(Cc3nn(C)c(-c4ccc(C#N)cc4)c3OC)ncn2)c1C. The van der Waals surface area contributed by atoms with E-state index in [9.17, 15) is 4.79 Å². The second kappa shape index (κ2) is 10.4. The van der Waals surface area contributed by atoms with Gasteiger partial charge in [-0.2, -0.15) is 15.5 Å². The summed E-state index contributed by atoms with van der Waals surface area (Å²) >= 11 is 0. The fourth-order valence-electron chi connectivity index (χ4n) is 4.19. The van der Waals surface area contributed by atoms with Gasteiger partial charge in [0.15, 0.2) is 11.6 Å². The molecular formula is C26H27N7O3. The number of hydrogen-bond acceptors (Lipinski definition) is 8. The van der Waals surface area contributed by atoms with Gasteiger partial charge in [0.2, 0.25) is 0 Å². The molecule has 0 N–H and O–H groups in total. The highest BCUT2D eigenvalue weighted by molar-refractivity contribution is 5.73. The quantitative estimate of drug-likeness (QED) is 0.349. The summed E-state index contributed by atoms with van der Waals surface area (Å²) in [4.78, 5) is 20.9. The molecule has 0 saturated carbocycles. The van der Waals surface area contributed by atoms with Crippen LogP contribution in [0.1, 0.15) is 40.8 Å². The Kier molecular flexibility index (Phi) is 7.10. The second-order valence-corrected chi connectivity index (χ2v) is 8.23. The summed E-state index contributed by atoms with van der Waals surface area (Å²) in [6.07, 6.45) is 2.06. The van der Waals surface area contributed by atoms with Crippen molar-refractivity contribution in [2.75, 3.05) is 13.7 Å². The Hall–Kier alpha value is -4.52. The largest absolute Gasteiger partial charge is 0.492 e. The predicted octanol–water partition coefficient (Wildman–Crippen LogP) is 3.26. The van der Waals surface area contributed by atoms with Crippen LogP contribution in [0.2, 0.25) is 0 Å². The number of ether oxygens (including phenoxy) is 2. The molecule has 4 aromatic rings. The third-order valence-corrected chi connectivity index (χ3v) is 5.91. The zero-order chi connectivity index (χ0) is 25.8. The Bertz CT molecular complexity index is 1450. The van der Waals surface area contributed by atoms with Gasteiger partial charge < -0.3 is 9.47 Å². The Morgan fingerprint density at radius 1 is 1.14 bits per heavy atom. The second-order valence-electron chi connectivity index (χ2n) is 8.23. The molecule has 4 rings (SSSR count). The molecule has 0 fully saturated rings. The molecular weight excluding hydrogens is 458 g/mol. The third kappa shape index (κ3) is 4.81. The minimum absolute atomic E-state index is 0.159. The summed E-state index contributed by atoms with van der Waals surface area (Å²) in [5.74, 6) is 0.954. The number of rotatable bonds is 8. The van der Waals surface area contributed by atoms with Gasteiger partial charge in [0.1, 0.15) is 17.7 Å². The van der Waals surface area contributed by atoms with E-state index in [-0.39, 0.29) is 12.4 Å². The highest BCUT2D eigenvalue weighted by atomic mass is 16.5. The zero-order valence-corrected chi connectivity index (χ0v) is 20.9. The number of nitrogens with zero attached hydrogens (tertiary/aromatic N) is 7. The number of carbonyl (C=O) groups is 1. The van der Waals surface area contributed by atoms with E-state index in [1.54, 1.807) is 35.5 Å². The summed E-state index contributed by atoms with van der Waals surface area (Å²) < 4.78 is 14.3. The van der Waals surface area contributed by atoms with Gasteiger partial charge in [-0.05, 0) is 32.9 Å². The van der Waals surface area contributed by atoms with Gasteiger partial charge in [-0.15, -0.1) is 0 Å². The van der Waals surface area contributed by atoms with E-state index in [2.05, 4.69) is 26.2 Å². The summed E-state index contributed by atoms with van der Waals surface area (Å²) in [7, 11) is 3.46. The fourth-order valence-corrected chi connectivity index (χ4v) is 4.19. The number of benzene rings is 1. The van der Waals surface area contributed by atoms with E-state index in [1.165, 1.54) is 6.33 Å². The van der Waals surface area contributed by atoms with E-state index in [0.29, 0.717) is 30.2 Å². The minimum Gasteiger partial charge on any atom is -0.492 e. The van der Waals surface area contributed by atoms with E-state index in [1.807, 2.05) is 39.1 Å². The predicted molar refractivity (Wildman–Crippen MR) is 132 cm³/mol. The Labute approximate surface area is 209 Å². The van der Waals surface area contributed by atoms with Gasteiger partial charge in [-0.1, -0.05) is 12.1 Å². The third-order valence-electron chi connectivity index (χ3n) is 5.91. The smallest absolute Gasteiger partial charge is 0.310 e. The van der Waals surface area contributed by atoms with Crippen LogP contribution in [0.4, 0.5) is 0 Å². The topological polar surface area (TPSA) is 121 Å². The van der Waals surface area contributed by atoms with Crippen molar-refractivity contribution >= 4 is 5.97 Å². The number of aromatic nitrogens is 6. The molecule has 0 bridgehead atoms. The van der Waals surface area contributed by atoms with Gasteiger partial charge in [0, 0.05) is 36.4 Å². The number of aryl methyl sites for hydroxylation is 2. The maximum atomic E-state index is 12.0. The Morgan fingerprint density at radius 3 is 2.56 bits per heavy atom. The lowest BCUT2D eigenvalue weighted by atomic mass is 10.1. The first-order chi connectivity index (χ1) is 17.4. The van der Waals surface area contributed by atoms with Gasteiger partial charge in [0.05, 0.1) is 43.2 Å². The summed E-state index contributed by atoms with van der Waals surface area (Å²) in [5.41, 5.74) is 6.15. The van der Waals surface area contributed by atoms with E-state index in [0.717, 1.165) is 39.6 Å². The first-order valence-electron chi connectivity index (χ1n) is 11.5. The maximum absolute atomic E-state index is 12.0. The van der Waals surface area contributed by atoms with Crippen LogP contribution in [0.3, 0.4) is 0 Å². The number of carbonyl (C=O) groups excluding carboxylic acids is 1. The highest BCUT2D eigenvalue weighted by Crippen LogP contribution is 2.34. The molecule has 0 aliphatic carbocycles. The van der Waals surface area contributed by atoms with Crippen LogP contribution in [0, 0.1) is 25.2 Å². The maximum Gasteiger partial charge on any atom is 0.310 e. The molecule has 0 aliphatic rings. The van der Waals surface area contributed by atoms with E-state index >= 15 is 0 Å². The standard InChI is InChI=1S/C26H27N7O3/c1-6-36-24(34)13-21-16(2)30-33(17(21)3)23-12-20(28-15-29-23)11-22-26(35-5)25(32(4)31-22)19-9-7-18(14-27)8-10-19/h7-10,12,15H,6,11,13H2,1-5H3. The van der Waals surface area contributed by atoms with Crippen molar-refractivity contribution in [3.63, 3.8) is 0 Å². The molecule has 10 heteroatoms. The Balaban J connectivity index is 1.64. The molecule has 0 spiro atoms. The lowest BCUT2D eigenvalue weighted by Crippen LogP contribution is -2.09. The fraction of sp³-hybridized carbons (Fsp3) is 0.308. The van der Waals surface area contributed by atoms with E-state index in [4.69, 9.17) is 14.7 Å². The molecule has 0 amide bonds. The lowest BCUT2D eigenvalue weighted by molar-refractivity contribution is -0.142. The van der Waals surface area contributed by atoms with Crippen molar-refractivity contribution in [3.05, 3.63) is 70.6 Å². The first-order valence-corrected chi connectivity index (χ1v) is 11.5. The summed E-state index contributed by atoms with van der Waals surface area (Å²) in [5, 5.41) is 18.4. The lowest BCUT2D eigenvalue weighted by Gasteiger charge is -2.08. The normalized spacial score (nSPS) is 10.8. The number of hydrogen-bond donors (Lipinski definition) is 0. The molecule has 0 atom stereocenters. The number of methoxy groups -OCH3 is 1. The van der Waals surface area contributed by atoms with Crippen molar-refractivity contribution in [3.8, 4) is 28.9 Å². The molecule has 3 aromatic heterocycles. The van der Waals surface area contributed by atoms with E-state index < -0.39 is 0 Å². The Morgan fingerprint density at radius 2 is 1.89 bits per heavy atom. The van der Waals surface area contributed by atoms with Gasteiger partial charge in [0.25, 0.3) is 0 Å². The average molecular weight is 486 g/mol. The molecule has 0 saturated heterocycles. The van der Waals surface area contributed by atoms with Gasteiger partial charge in [-0.3, -0.25) is 9.48 Å². The van der Waals surface area contributed by atoms with Crippen LogP contribution >= 0.6 is 0 Å². The van der Waals surface area contributed by atoms with Crippen LogP contribution in [0.15, 0.2) is 36.7 Å². The molecule has 36 heavy (non-hydrogen) atoms.